The SMILES string of the molecule is Cc1ccc(N(c2ccccc2)c2ccc3c4c(c5ccccc5c3c2)-c2cc(N(c3ccccc3)c3ccc(C)c(C)c3)c3ccccc3c2C42c3ccccc3-c3ccccc32)cc1C. The first kappa shape index (κ1) is 39.2. The average molecular weight is 857 g/mol. The Morgan fingerprint density at radius 2 is 0.746 bits per heavy atom. The molecule has 0 heterocycles. The molecule has 0 bridgehead atoms. The highest BCUT2D eigenvalue weighted by molar-refractivity contribution is 6.23. The molecule has 0 amide bonds. The fourth-order valence-corrected chi connectivity index (χ4v) is 11.8. The van der Waals surface area contributed by atoms with E-state index in [-0.39, 0.29) is 0 Å². The number of benzene rings is 11. The van der Waals surface area contributed by atoms with E-state index >= 15 is 0 Å². The second-order valence-electron chi connectivity index (χ2n) is 18.6. The standard InChI is InChI=1S/C65H48N2/c1-41-31-33-47(37-43(41)3)66(45-19-7-5-8-20-45)49-35-36-56-57(39-49)50-23-11-13-27-54(50)62-58-40-61(67(46-21-9-6-10-22-46)48-34-32-42(2)44(4)38-48)53-26-12-14-28-55(53)63(58)65(64(56)62)59-29-17-15-24-51(59)52-25-16-18-30-60(52)65/h5-40H,1-4H3. The molecule has 0 fully saturated rings. The summed E-state index contributed by atoms with van der Waals surface area (Å²) in [6.07, 6.45) is 0. The summed E-state index contributed by atoms with van der Waals surface area (Å²) < 4.78 is 0. The van der Waals surface area contributed by atoms with Crippen molar-refractivity contribution in [3.63, 3.8) is 0 Å². The topological polar surface area (TPSA) is 6.48 Å². The van der Waals surface area contributed by atoms with Crippen LogP contribution in [0.3, 0.4) is 0 Å². The van der Waals surface area contributed by atoms with Crippen molar-refractivity contribution in [1.29, 1.82) is 0 Å². The van der Waals surface area contributed by atoms with Crippen LogP contribution < -0.4 is 9.80 Å². The molecule has 318 valence electrons. The van der Waals surface area contributed by atoms with Gasteiger partial charge >= 0.3 is 0 Å². The molecule has 11 aromatic rings. The predicted molar refractivity (Wildman–Crippen MR) is 284 cm³/mol. The zero-order valence-corrected chi connectivity index (χ0v) is 38.2. The molecule has 0 saturated carbocycles. The van der Waals surface area contributed by atoms with Crippen LogP contribution >= 0.6 is 0 Å². The molecule has 1 spiro atoms. The van der Waals surface area contributed by atoms with Crippen LogP contribution in [0.15, 0.2) is 218 Å². The smallest absolute Gasteiger partial charge is 0.0737 e. The zero-order valence-electron chi connectivity index (χ0n) is 38.2. The number of fused-ring (bicyclic) bond motifs is 17. The molecule has 0 atom stereocenters. The zero-order chi connectivity index (χ0) is 45.0. The van der Waals surface area contributed by atoms with Gasteiger partial charge in [-0.3, -0.25) is 0 Å². The van der Waals surface area contributed by atoms with Gasteiger partial charge in [-0.1, -0.05) is 152 Å². The van der Waals surface area contributed by atoms with E-state index in [9.17, 15) is 0 Å². The van der Waals surface area contributed by atoms with Crippen molar-refractivity contribution >= 4 is 66.4 Å². The van der Waals surface area contributed by atoms with Crippen molar-refractivity contribution in [1.82, 2.24) is 0 Å². The van der Waals surface area contributed by atoms with E-state index in [4.69, 9.17) is 0 Å². The largest absolute Gasteiger partial charge is 0.310 e. The Labute approximate surface area is 392 Å². The molecule has 0 saturated heterocycles. The Bertz CT molecular complexity index is 3760. The summed E-state index contributed by atoms with van der Waals surface area (Å²) in [7, 11) is 0. The first-order valence-corrected chi connectivity index (χ1v) is 23.5. The molecule has 0 aliphatic heterocycles. The van der Waals surface area contributed by atoms with Crippen LogP contribution in [-0.2, 0) is 5.41 Å². The maximum Gasteiger partial charge on any atom is 0.0737 e. The van der Waals surface area contributed by atoms with Crippen molar-refractivity contribution < 1.29 is 0 Å². The number of hydrogen-bond acceptors (Lipinski definition) is 2. The van der Waals surface area contributed by atoms with Gasteiger partial charge in [0.25, 0.3) is 0 Å². The lowest BCUT2D eigenvalue weighted by Crippen LogP contribution is -2.26. The van der Waals surface area contributed by atoms with Gasteiger partial charge in [-0.25, -0.2) is 0 Å². The molecule has 2 heteroatoms. The molecule has 0 aromatic heterocycles. The fraction of sp³-hybridized carbons (Fsp3) is 0.0769. The molecular weight excluding hydrogens is 809 g/mol. The molecule has 67 heavy (non-hydrogen) atoms. The highest BCUT2D eigenvalue weighted by Gasteiger charge is 2.54. The summed E-state index contributed by atoms with van der Waals surface area (Å²) in [6, 6.07) is 82.1. The second-order valence-corrected chi connectivity index (χ2v) is 18.6. The average Bonchev–Trinajstić information content (AvgIpc) is 3.85. The third kappa shape index (κ3) is 5.63. The minimum absolute atomic E-state index is 0.606. The Morgan fingerprint density at radius 3 is 1.36 bits per heavy atom. The van der Waals surface area contributed by atoms with E-state index in [2.05, 4.69) is 256 Å². The van der Waals surface area contributed by atoms with E-state index in [1.165, 1.54) is 99.1 Å². The number of nitrogens with zero attached hydrogens (tertiary/aromatic N) is 2. The molecule has 11 aromatic carbocycles. The van der Waals surface area contributed by atoms with Crippen molar-refractivity contribution in [3.05, 3.63) is 263 Å². The summed E-state index contributed by atoms with van der Waals surface area (Å²) in [6.45, 7) is 8.83. The van der Waals surface area contributed by atoms with Crippen molar-refractivity contribution in [2.24, 2.45) is 0 Å². The van der Waals surface area contributed by atoms with E-state index in [1.54, 1.807) is 0 Å². The van der Waals surface area contributed by atoms with Gasteiger partial charge in [-0.05, 0) is 188 Å². The fourth-order valence-electron chi connectivity index (χ4n) is 11.8. The van der Waals surface area contributed by atoms with Gasteiger partial charge in [-0.15, -0.1) is 0 Å². The summed E-state index contributed by atoms with van der Waals surface area (Å²) >= 11 is 0. The van der Waals surface area contributed by atoms with Crippen LogP contribution in [0.5, 0.6) is 0 Å². The van der Waals surface area contributed by atoms with Crippen molar-refractivity contribution in [3.8, 4) is 22.3 Å². The van der Waals surface area contributed by atoms with Crippen LogP contribution in [-0.4, -0.2) is 0 Å². The van der Waals surface area contributed by atoms with Crippen LogP contribution in [0.1, 0.15) is 44.5 Å². The summed E-state index contributed by atoms with van der Waals surface area (Å²) in [5.41, 5.74) is 21.9. The molecule has 2 nitrogen and oxygen atoms in total. The minimum Gasteiger partial charge on any atom is -0.310 e. The molecule has 13 rings (SSSR count). The van der Waals surface area contributed by atoms with E-state index in [1.807, 2.05) is 0 Å². The second kappa shape index (κ2) is 14.9. The number of rotatable bonds is 6. The van der Waals surface area contributed by atoms with Gasteiger partial charge in [0.05, 0.1) is 11.1 Å². The Morgan fingerprint density at radius 1 is 0.284 bits per heavy atom. The maximum atomic E-state index is 2.54. The first-order chi connectivity index (χ1) is 32.9. The van der Waals surface area contributed by atoms with Gasteiger partial charge in [0.15, 0.2) is 0 Å². The Hall–Kier alpha value is -8.20. The van der Waals surface area contributed by atoms with Gasteiger partial charge in [0.2, 0.25) is 0 Å². The minimum atomic E-state index is -0.606. The highest BCUT2D eigenvalue weighted by Crippen LogP contribution is 2.67. The van der Waals surface area contributed by atoms with E-state index in [0.29, 0.717) is 0 Å². The van der Waals surface area contributed by atoms with Crippen molar-refractivity contribution in [2.75, 3.05) is 9.80 Å². The maximum absolute atomic E-state index is 2.54. The number of aryl methyl sites for hydroxylation is 4. The lowest BCUT2D eigenvalue weighted by atomic mass is 9.68. The molecule has 2 aliphatic carbocycles. The number of anilines is 6. The third-order valence-corrected chi connectivity index (χ3v) is 15.0. The van der Waals surface area contributed by atoms with Crippen LogP contribution in [0, 0.1) is 27.7 Å². The Kier molecular flexibility index (Phi) is 8.73. The quantitative estimate of drug-likeness (QED) is 0.154. The van der Waals surface area contributed by atoms with Crippen LogP contribution in [0.4, 0.5) is 34.1 Å². The van der Waals surface area contributed by atoms with Gasteiger partial charge in [0, 0.05) is 33.8 Å². The lowest BCUT2D eigenvalue weighted by Gasteiger charge is -2.34. The molecular formula is C65H48N2. The number of hydrogen-bond donors (Lipinski definition) is 0. The molecule has 0 unspecified atom stereocenters. The van der Waals surface area contributed by atoms with E-state index in [0.717, 1.165) is 34.1 Å². The van der Waals surface area contributed by atoms with Crippen LogP contribution in [0.2, 0.25) is 0 Å². The number of para-hydroxylation sites is 2. The summed E-state index contributed by atoms with van der Waals surface area (Å²) in [5.74, 6) is 0. The monoisotopic (exact) mass is 856 g/mol. The van der Waals surface area contributed by atoms with Gasteiger partial charge in [-0.2, -0.15) is 0 Å². The van der Waals surface area contributed by atoms with Gasteiger partial charge in [0.1, 0.15) is 0 Å². The van der Waals surface area contributed by atoms with Crippen LogP contribution in [0.25, 0.3) is 54.6 Å². The molecule has 2 aliphatic rings. The molecule has 0 radical (unpaired) electrons. The van der Waals surface area contributed by atoms with Crippen molar-refractivity contribution in [2.45, 2.75) is 33.1 Å². The third-order valence-electron chi connectivity index (χ3n) is 15.0. The normalized spacial score (nSPS) is 12.9. The Balaban J connectivity index is 1.19. The summed E-state index contributed by atoms with van der Waals surface area (Å²) in [4.78, 5) is 4.90. The van der Waals surface area contributed by atoms with Gasteiger partial charge < -0.3 is 9.80 Å². The molecule has 0 N–H and O–H groups in total. The van der Waals surface area contributed by atoms with E-state index < -0.39 is 5.41 Å². The highest BCUT2D eigenvalue weighted by atomic mass is 15.1. The lowest BCUT2D eigenvalue weighted by molar-refractivity contribution is 0.809. The summed E-state index contributed by atoms with van der Waals surface area (Å²) in [5, 5.41) is 7.52. The predicted octanol–water partition coefficient (Wildman–Crippen LogP) is 17.7. The first-order valence-electron chi connectivity index (χ1n) is 23.5.